The van der Waals surface area contributed by atoms with E-state index in [2.05, 4.69) is 26.6 Å². The number of rotatable bonds is 7. The zero-order valence-corrected chi connectivity index (χ0v) is 17.2. The molecule has 0 spiro atoms. The van der Waals surface area contributed by atoms with Crippen LogP contribution in [0.4, 0.5) is 4.39 Å². The number of carbonyl (C=O) groups is 2. The normalized spacial score (nSPS) is 15.2. The van der Waals surface area contributed by atoms with Crippen molar-refractivity contribution in [3.63, 3.8) is 0 Å². The van der Waals surface area contributed by atoms with Crippen molar-refractivity contribution in [2.75, 3.05) is 13.1 Å². The third-order valence-electron chi connectivity index (χ3n) is 5.30. The molecule has 0 saturated heterocycles. The monoisotopic (exact) mass is 446 g/mol. The molecule has 0 heterocycles. The lowest BCUT2D eigenvalue weighted by molar-refractivity contribution is -0.127. The molecule has 148 valence electrons. The fourth-order valence-corrected chi connectivity index (χ4v) is 4.06. The standard InChI is InChI=1S/C22H24BrFN2O2/c23-18-7-5-17(6-8-18)22(11-1-2-12-22)21(28)26-14-13-25-20(27)15-16-3-9-19(24)10-4-16/h3-10H,1-2,11-15H2,(H,25,27)(H,26,28). The van der Waals surface area contributed by atoms with Gasteiger partial charge in [-0.1, -0.05) is 53.0 Å². The molecule has 6 heteroatoms. The fourth-order valence-electron chi connectivity index (χ4n) is 3.79. The van der Waals surface area contributed by atoms with Crippen LogP contribution in [0.5, 0.6) is 0 Å². The van der Waals surface area contributed by atoms with Crippen molar-refractivity contribution in [3.8, 4) is 0 Å². The molecule has 2 aromatic rings. The Morgan fingerprint density at radius 1 is 0.929 bits per heavy atom. The van der Waals surface area contributed by atoms with Gasteiger partial charge in [-0.25, -0.2) is 4.39 Å². The minimum atomic E-state index is -0.473. The Labute approximate surface area is 173 Å². The van der Waals surface area contributed by atoms with E-state index in [1.165, 1.54) is 12.1 Å². The lowest BCUT2D eigenvalue weighted by Gasteiger charge is -2.28. The van der Waals surface area contributed by atoms with Crippen LogP contribution in [-0.4, -0.2) is 24.9 Å². The van der Waals surface area contributed by atoms with E-state index in [9.17, 15) is 14.0 Å². The topological polar surface area (TPSA) is 58.2 Å². The van der Waals surface area contributed by atoms with Gasteiger partial charge in [0.1, 0.15) is 5.82 Å². The molecule has 0 aliphatic heterocycles. The number of nitrogens with one attached hydrogen (secondary N) is 2. The van der Waals surface area contributed by atoms with Crippen molar-refractivity contribution in [2.24, 2.45) is 0 Å². The number of hydrogen-bond acceptors (Lipinski definition) is 2. The second-order valence-corrected chi connectivity index (χ2v) is 8.12. The van der Waals surface area contributed by atoms with Gasteiger partial charge in [0, 0.05) is 17.6 Å². The summed E-state index contributed by atoms with van der Waals surface area (Å²) in [6, 6.07) is 13.8. The van der Waals surface area contributed by atoms with Crippen LogP contribution < -0.4 is 10.6 Å². The average Bonchev–Trinajstić information content (AvgIpc) is 3.18. The van der Waals surface area contributed by atoms with Gasteiger partial charge in [-0.05, 0) is 48.2 Å². The highest BCUT2D eigenvalue weighted by atomic mass is 79.9. The van der Waals surface area contributed by atoms with Gasteiger partial charge in [-0.2, -0.15) is 0 Å². The van der Waals surface area contributed by atoms with Gasteiger partial charge in [0.05, 0.1) is 11.8 Å². The lowest BCUT2D eigenvalue weighted by Crippen LogP contribution is -2.45. The molecule has 2 amide bonds. The van der Waals surface area contributed by atoms with E-state index < -0.39 is 5.41 Å². The first kappa shape index (κ1) is 20.5. The van der Waals surface area contributed by atoms with Crippen molar-refractivity contribution in [1.29, 1.82) is 0 Å². The predicted molar refractivity (Wildman–Crippen MR) is 110 cm³/mol. The molecule has 0 bridgehead atoms. The van der Waals surface area contributed by atoms with Gasteiger partial charge in [-0.15, -0.1) is 0 Å². The van der Waals surface area contributed by atoms with Gasteiger partial charge in [0.2, 0.25) is 11.8 Å². The van der Waals surface area contributed by atoms with E-state index in [1.54, 1.807) is 12.1 Å². The molecule has 0 aromatic heterocycles. The van der Waals surface area contributed by atoms with Crippen LogP contribution in [0, 0.1) is 5.82 Å². The summed E-state index contributed by atoms with van der Waals surface area (Å²) in [5.41, 5.74) is 1.33. The Kier molecular flexibility index (Phi) is 6.83. The second-order valence-electron chi connectivity index (χ2n) is 7.21. The summed E-state index contributed by atoms with van der Waals surface area (Å²) in [4.78, 5) is 24.9. The number of benzene rings is 2. The van der Waals surface area contributed by atoms with E-state index in [1.807, 2.05) is 24.3 Å². The van der Waals surface area contributed by atoms with E-state index in [-0.39, 0.29) is 24.1 Å². The van der Waals surface area contributed by atoms with Crippen molar-refractivity contribution < 1.29 is 14.0 Å². The highest BCUT2D eigenvalue weighted by Gasteiger charge is 2.42. The first-order chi connectivity index (χ1) is 13.5. The maximum Gasteiger partial charge on any atom is 0.230 e. The summed E-state index contributed by atoms with van der Waals surface area (Å²) in [7, 11) is 0. The Hall–Kier alpha value is -2.21. The lowest BCUT2D eigenvalue weighted by atomic mass is 9.78. The van der Waals surface area contributed by atoms with E-state index in [0.717, 1.165) is 41.3 Å². The van der Waals surface area contributed by atoms with Crippen LogP contribution in [-0.2, 0) is 21.4 Å². The predicted octanol–water partition coefficient (Wildman–Crippen LogP) is 3.88. The molecule has 1 fully saturated rings. The van der Waals surface area contributed by atoms with Gasteiger partial charge < -0.3 is 10.6 Å². The molecule has 4 nitrogen and oxygen atoms in total. The minimum absolute atomic E-state index is 0.0279. The molecular formula is C22H24BrFN2O2. The van der Waals surface area contributed by atoms with Crippen LogP contribution in [0.15, 0.2) is 53.0 Å². The van der Waals surface area contributed by atoms with Crippen LogP contribution in [0.2, 0.25) is 0 Å². The molecule has 0 unspecified atom stereocenters. The highest BCUT2D eigenvalue weighted by Crippen LogP contribution is 2.41. The number of carbonyl (C=O) groups excluding carboxylic acids is 2. The minimum Gasteiger partial charge on any atom is -0.354 e. The molecule has 2 N–H and O–H groups in total. The van der Waals surface area contributed by atoms with Gasteiger partial charge in [0.15, 0.2) is 0 Å². The van der Waals surface area contributed by atoms with Crippen molar-refractivity contribution >= 4 is 27.7 Å². The van der Waals surface area contributed by atoms with Crippen LogP contribution in [0.3, 0.4) is 0 Å². The Balaban J connectivity index is 1.49. The Morgan fingerprint density at radius 3 is 2.18 bits per heavy atom. The number of halogens is 2. The smallest absolute Gasteiger partial charge is 0.230 e. The average molecular weight is 447 g/mol. The first-order valence-corrected chi connectivity index (χ1v) is 10.3. The third-order valence-corrected chi connectivity index (χ3v) is 5.83. The van der Waals surface area contributed by atoms with Crippen molar-refractivity contribution in [1.82, 2.24) is 10.6 Å². The molecule has 1 aliphatic rings. The summed E-state index contributed by atoms with van der Waals surface area (Å²) in [6.45, 7) is 0.744. The Bertz CT molecular complexity index is 815. The van der Waals surface area contributed by atoms with Gasteiger partial charge in [0.25, 0.3) is 0 Å². The maximum atomic E-state index is 12.9. The maximum absolute atomic E-state index is 12.9. The van der Waals surface area contributed by atoms with E-state index in [4.69, 9.17) is 0 Å². The Morgan fingerprint density at radius 2 is 1.54 bits per heavy atom. The second kappa shape index (κ2) is 9.32. The van der Waals surface area contributed by atoms with Crippen LogP contribution >= 0.6 is 15.9 Å². The molecule has 2 aromatic carbocycles. The summed E-state index contributed by atoms with van der Waals surface area (Å²) in [5, 5.41) is 5.79. The molecule has 3 rings (SSSR count). The molecule has 0 radical (unpaired) electrons. The summed E-state index contributed by atoms with van der Waals surface area (Å²) in [5.74, 6) is -0.442. The quantitative estimate of drug-likeness (QED) is 0.634. The zero-order valence-electron chi connectivity index (χ0n) is 15.6. The zero-order chi connectivity index (χ0) is 20.0. The number of amides is 2. The molecule has 28 heavy (non-hydrogen) atoms. The molecule has 1 aliphatic carbocycles. The largest absolute Gasteiger partial charge is 0.354 e. The highest BCUT2D eigenvalue weighted by molar-refractivity contribution is 9.10. The summed E-state index contributed by atoms with van der Waals surface area (Å²) in [6.07, 6.45) is 3.96. The SMILES string of the molecule is O=C(Cc1ccc(F)cc1)NCCNC(=O)C1(c2ccc(Br)cc2)CCCC1. The summed E-state index contributed by atoms with van der Waals surface area (Å²) >= 11 is 3.44. The van der Waals surface area contributed by atoms with Crippen LogP contribution in [0.25, 0.3) is 0 Å². The fraction of sp³-hybridized carbons (Fsp3) is 0.364. The molecule has 1 saturated carbocycles. The van der Waals surface area contributed by atoms with Gasteiger partial charge >= 0.3 is 0 Å². The van der Waals surface area contributed by atoms with Crippen molar-refractivity contribution in [2.45, 2.75) is 37.5 Å². The van der Waals surface area contributed by atoms with E-state index >= 15 is 0 Å². The molecular weight excluding hydrogens is 423 g/mol. The third kappa shape index (κ3) is 4.98. The van der Waals surface area contributed by atoms with Gasteiger partial charge in [-0.3, -0.25) is 9.59 Å². The first-order valence-electron chi connectivity index (χ1n) is 9.55. The number of hydrogen-bond donors (Lipinski definition) is 2. The van der Waals surface area contributed by atoms with E-state index in [0.29, 0.717) is 13.1 Å². The summed E-state index contributed by atoms with van der Waals surface area (Å²) < 4.78 is 13.9. The molecule has 0 atom stereocenters. The van der Waals surface area contributed by atoms with Crippen LogP contribution in [0.1, 0.15) is 36.8 Å². The van der Waals surface area contributed by atoms with Crippen molar-refractivity contribution in [3.05, 3.63) is 69.9 Å².